The summed E-state index contributed by atoms with van der Waals surface area (Å²) in [5.74, 6) is -0.967. The Morgan fingerprint density at radius 3 is 2.24 bits per heavy atom. The minimum absolute atomic E-state index is 0.174. The number of alkyl halides is 6. The zero-order chi connectivity index (χ0) is 25.5. The highest BCUT2D eigenvalue weighted by atomic mass is 35.5. The lowest BCUT2D eigenvalue weighted by Crippen LogP contribution is -2.25. The fourth-order valence-electron chi connectivity index (χ4n) is 3.04. The van der Waals surface area contributed by atoms with Gasteiger partial charge in [0.05, 0.1) is 29.6 Å². The lowest BCUT2D eigenvalue weighted by Gasteiger charge is -2.20. The van der Waals surface area contributed by atoms with Gasteiger partial charge in [0.2, 0.25) is 15.9 Å². The second-order valence-corrected chi connectivity index (χ2v) is 8.77. The number of carbonyl (C=O) groups excluding carboxylic acids is 1. The zero-order valence-corrected chi connectivity index (χ0v) is 18.1. The number of rotatable bonds is 5. The van der Waals surface area contributed by atoms with Crippen LogP contribution in [0.1, 0.15) is 16.7 Å². The minimum atomic E-state index is -5.38. The van der Waals surface area contributed by atoms with E-state index >= 15 is 0 Å². The molecule has 1 heterocycles. The molecule has 0 spiro atoms. The predicted molar refractivity (Wildman–Crippen MR) is 109 cm³/mol. The Labute approximate surface area is 193 Å². The third-order valence-electron chi connectivity index (χ3n) is 4.44. The third-order valence-corrected chi connectivity index (χ3v) is 5.80. The van der Waals surface area contributed by atoms with Crippen molar-refractivity contribution in [1.29, 1.82) is 0 Å². The van der Waals surface area contributed by atoms with E-state index in [0.717, 1.165) is 6.07 Å². The van der Waals surface area contributed by atoms with E-state index in [0.29, 0.717) is 23.1 Å². The standard InChI is InChI=1S/C19H13ClF6N4O3S/c20-12-4-2-1-3-10(12)7-15(31)29-13-5-6-14(30-9-11(8-28-30)18(21,22)23)17(34(27,32)33)16(13)19(24,25)26/h1-6,8-9H,7H2,(H,29,31)(H2,27,32,33). The molecule has 34 heavy (non-hydrogen) atoms. The van der Waals surface area contributed by atoms with Crippen molar-refractivity contribution in [2.24, 2.45) is 5.14 Å². The van der Waals surface area contributed by atoms with Crippen LogP contribution in [0, 0.1) is 0 Å². The quantitative estimate of drug-likeness (QED) is 0.481. The molecular weight excluding hydrogens is 514 g/mol. The average Bonchev–Trinajstić information content (AvgIpc) is 3.18. The van der Waals surface area contributed by atoms with Gasteiger partial charge in [-0.2, -0.15) is 31.4 Å². The normalized spacial score (nSPS) is 12.6. The lowest BCUT2D eigenvalue weighted by atomic mass is 10.1. The van der Waals surface area contributed by atoms with Crippen LogP contribution in [0.4, 0.5) is 32.0 Å². The first-order valence-electron chi connectivity index (χ1n) is 9.01. The average molecular weight is 527 g/mol. The van der Waals surface area contributed by atoms with Gasteiger partial charge in [-0.05, 0) is 23.8 Å². The highest BCUT2D eigenvalue weighted by Crippen LogP contribution is 2.42. The Kier molecular flexibility index (Phi) is 6.70. The summed E-state index contributed by atoms with van der Waals surface area (Å²) in [6.45, 7) is 0. The number of hydrogen-bond donors (Lipinski definition) is 2. The van der Waals surface area contributed by atoms with E-state index < -0.39 is 62.1 Å². The molecule has 0 fully saturated rings. The maximum Gasteiger partial charge on any atom is 0.419 e. The molecule has 182 valence electrons. The Hall–Kier alpha value is -3.10. The van der Waals surface area contributed by atoms with Gasteiger partial charge in [-0.3, -0.25) is 4.79 Å². The van der Waals surface area contributed by atoms with Crippen LogP contribution in [0.5, 0.6) is 0 Å². The molecule has 2 aromatic carbocycles. The second-order valence-electron chi connectivity index (χ2n) is 6.87. The molecular formula is C19H13ClF6N4O3S. The second kappa shape index (κ2) is 8.92. The first kappa shape index (κ1) is 25.5. The van der Waals surface area contributed by atoms with E-state index in [-0.39, 0.29) is 10.6 Å². The van der Waals surface area contributed by atoms with Crippen molar-refractivity contribution in [1.82, 2.24) is 9.78 Å². The number of benzene rings is 2. The smallest absolute Gasteiger partial charge is 0.325 e. The number of hydrogen-bond acceptors (Lipinski definition) is 4. The Balaban J connectivity index is 2.15. The van der Waals surface area contributed by atoms with Crippen molar-refractivity contribution >= 4 is 33.2 Å². The monoisotopic (exact) mass is 526 g/mol. The van der Waals surface area contributed by atoms with Crippen LogP contribution in [0.2, 0.25) is 5.02 Å². The van der Waals surface area contributed by atoms with Gasteiger partial charge < -0.3 is 5.32 Å². The zero-order valence-electron chi connectivity index (χ0n) is 16.6. The molecule has 3 rings (SSSR count). The molecule has 0 radical (unpaired) electrons. The van der Waals surface area contributed by atoms with E-state index in [1.165, 1.54) is 12.1 Å². The minimum Gasteiger partial charge on any atom is -0.325 e. The molecule has 1 amide bonds. The molecule has 0 saturated heterocycles. The van der Waals surface area contributed by atoms with E-state index in [2.05, 4.69) is 5.10 Å². The van der Waals surface area contributed by atoms with Crippen LogP contribution in [0.3, 0.4) is 0 Å². The number of sulfonamides is 1. The first-order valence-corrected chi connectivity index (χ1v) is 10.9. The van der Waals surface area contributed by atoms with Gasteiger partial charge in [-0.25, -0.2) is 18.2 Å². The van der Waals surface area contributed by atoms with Crippen molar-refractivity contribution < 1.29 is 39.6 Å². The highest BCUT2D eigenvalue weighted by Gasteiger charge is 2.42. The van der Waals surface area contributed by atoms with Crippen LogP contribution in [-0.4, -0.2) is 24.1 Å². The molecule has 3 aromatic rings. The Morgan fingerprint density at radius 2 is 1.71 bits per heavy atom. The largest absolute Gasteiger partial charge is 0.419 e. The maximum atomic E-state index is 14.0. The number of nitrogens with zero attached hydrogens (tertiary/aromatic N) is 2. The van der Waals surface area contributed by atoms with Crippen molar-refractivity contribution in [3.8, 4) is 5.69 Å². The lowest BCUT2D eigenvalue weighted by molar-refractivity contribution is -0.139. The van der Waals surface area contributed by atoms with Crippen molar-refractivity contribution in [3.05, 3.63) is 70.5 Å². The Morgan fingerprint density at radius 1 is 1.06 bits per heavy atom. The summed E-state index contributed by atoms with van der Waals surface area (Å²) >= 11 is 5.94. The van der Waals surface area contributed by atoms with Gasteiger partial charge in [0.25, 0.3) is 0 Å². The molecule has 15 heteroatoms. The number of amides is 1. The summed E-state index contributed by atoms with van der Waals surface area (Å²) in [7, 11) is -5.18. The van der Waals surface area contributed by atoms with E-state index in [4.69, 9.17) is 16.7 Å². The fourth-order valence-corrected chi connectivity index (χ4v) is 4.20. The van der Waals surface area contributed by atoms with Gasteiger partial charge in [-0.15, -0.1) is 0 Å². The van der Waals surface area contributed by atoms with Gasteiger partial charge >= 0.3 is 12.4 Å². The van der Waals surface area contributed by atoms with E-state index in [9.17, 15) is 39.6 Å². The number of nitrogens with one attached hydrogen (secondary N) is 1. The van der Waals surface area contributed by atoms with Crippen LogP contribution < -0.4 is 10.5 Å². The molecule has 0 unspecified atom stereocenters. The van der Waals surface area contributed by atoms with Gasteiger partial charge in [0.1, 0.15) is 10.5 Å². The summed E-state index contributed by atoms with van der Waals surface area (Å²) in [5, 5.41) is 10.5. The van der Waals surface area contributed by atoms with Crippen LogP contribution in [0.15, 0.2) is 53.7 Å². The number of halogens is 7. The summed E-state index contributed by atoms with van der Waals surface area (Å²) in [6, 6.07) is 7.46. The van der Waals surface area contributed by atoms with Gasteiger partial charge in [0, 0.05) is 11.2 Å². The van der Waals surface area contributed by atoms with E-state index in [1.54, 1.807) is 12.1 Å². The molecule has 0 aliphatic rings. The SMILES string of the molecule is NS(=O)(=O)c1c(-n2cc(C(F)(F)F)cn2)ccc(NC(=O)Cc2ccccc2Cl)c1C(F)(F)F. The third kappa shape index (κ3) is 5.51. The summed E-state index contributed by atoms with van der Waals surface area (Å²) in [4.78, 5) is 10.8. The van der Waals surface area contributed by atoms with Crippen molar-refractivity contribution in [2.45, 2.75) is 23.7 Å². The van der Waals surface area contributed by atoms with Crippen LogP contribution in [-0.2, 0) is 33.6 Å². The van der Waals surface area contributed by atoms with Gasteiger partial charge in [0.15, 0.2) is 0 Å². The topological polar surface area (TPSA) is 107 Å². The highest BCUT2D eigenvalue weighted by molar-refractivity contribution is 7.89. The molecule has 0 bridgehead atoms. The number of nitrogens with two attached hydrogens (primary N) is 1. The van der Waals surface area contributed by atoms with Crippen LogP contribution >= 0.6 is 11.6 Å². The summed E-state index contributed by atoms with van der Waals surface area (Å²) in [5.41, 5.74) is -4.78. The molecule has 0 aliphatic carbocycles. The first-order chi connectivity index (χ1) is 15.6. The number of anilines is 1. The van der Waals surface area contributed by atoms with E-state index in [1.807, 2.05) is 5.32 Å². The molecule has 1 aromatic heterocycles. The molecule has 0 atom stereocenters. The molecule has 0 saturated carbocycles. The number of carbonyl (C=O) groups is 1. The molecule has 7 nitrogen and oxygen atoms in total. The summed E-state index contributed by atoms with van der Waals surface area (Å²) in [6.07, 6.45) is -10.1. The predicted octanol–water partition coefficient (Wildman–Crippen LogP) is 4.39. The number of aromatic nitrogens is 2. The fraction of sp³-hybridized carbons (Fsp3) is 0.158. The number of primary sulfonamides is 1. The van der Waals surface area contributed by atoms with Crippen LogP contribution in [0.25, 0.3) is 5.69 Å². The Bertz CT molecular complexity index is 1350. The van der Waals surface area contributed by atoms with Crippen molar-refractivity contribution in [2.75, 3.05) is 5.32 Å². The van der Waals surface area contributed by atoms with Gasteiger partial charge in [-0.1, -0.05) is 29.8 Å². The summed E-state index contributed by atoms with van der Waals surface area (Å²) < 4.78 is 105. The molecule has 3 N–H and O–H groups in total. The molecule has 0 aliphatic heterocycles. The maximum absolute atomic E-state index is 14.0. The van der Waals surface area contributed by atoms with Crippen molar-refractivity contribution in [3.63, 3.8) is 0 Å².